The summed E-state index contributed by atoms with van der Waals surface area (Å²) in [5, 5.41) is 0. The van der Waals surface area contributed by atoms with Gasteiger partial charge in [0.1, 0.15) is 6.61 Å². The number of hydrogen-bond donors (Lipinski definition) is 0. The summed E-state index contributed by atoms with van der Waals surface area (Å²) in [6.45, 7) is 7.84. The minimum Gasteiger partial charge on any atom is -0.475 e. The topological polar surface area (TPSA) is 31.4 Å². The van der Waals surface area contributed by atoms with E-state index < -0.39 is 0 Å². The van der Waals surface area contributed by atoms with Crippen molar-refractivity contribution in [1.82, 2.24) is 4.98 Å². The van der Waals surface area contributed by atoms with Gasteiger partial charge in [0.05, 0.1) is 11.8 Å². The summed E-state index contributed by atoms with van der Waals surface area (Å²) in [5.74, 6) is 1.13. The van der Waals surface area contributed by atoms with E-state index in [0.29, 0.717) is 18.4 Å². The first-order valence-electron chi connectivity index (χ1n) is 7.31. The first-order chi connectivity index (χ1) is 9.49. The zero-order valence-electron chi connectivity index (χ0n) is 12.6. The van der Waals surface area contributed by atoms with Crippen LogP contribution in [0.5, 0.6) is 5.88 Å². The molecule has 1 atom stereocenters. The van der Waals surface area contributed by atoms with Crippen molar-refractivity contribution in [2.75, 3.05) is 13.2 Å². The highest BCUT2D eigenvalue weighted by Crippen LogP contribution is 2.25. The Hall–Kier alpha value is -0.800. The van der Waals surface area contributed by atoms with Gasteiger partial charge in [-0.3, -0.25) is 0 Å². The number of ether oxygens (including phenoxy) is 2. The van der Waals surface area contributed by atoms with Crippen LogP contribution in [0, 0.1) is 0 Å². The average molecular weight is 298 g/mol. The van der Waals surface area contributed by atoms with Gasteiger partial charge < -0.3 is 9.47 Å². The van der Waals surface area contributed by atoms with Gasteiger partial charge in [-0.2, -0.15) is 0 Å². The lowest BCUT2D eigenvalue weighted by Gasteiger charge is -2.23. The summed E-state index contributed by atoms with van der Waals surface area (Å²) < 4.78 is 11.5. The largest absolute Gasteiger partial charge is 0.475 e. The number of halogens is 1. The summed E-state index contributed by atoms with van der Waals surface area (Å²) in [5.41, 5.74) is 2.04. The predicted molar refractivity (Wildman–Crippen MR) is 81.6 cm³/mol. The van der Waals surface area contributed by atoms with Crippen LogP contribution >= 0.6 is 11.6 Å². The molecule has 1 saturated heterocycles. The Kier molecular flexibility index (Phi) is 5.28. The summed E-state index contributed by atoms with van der Waals surface area (Å²) in [4.78, 5) is 4.60. The quantitative estimate of drug-likeness (QED) is 0.785. The average Bonchev–Trinajstić information content (AvgIpc) is 2.45. The molecule has 0 spiro atoms. The highest BCUT2D eigenvalue weighted by molar-refractivity contribution is 6.17. The van der Waals surface area contributed by atoms with Crippen LogP contribution in [0.15, 0.2) is 12.1 Å². The molecule has 1 aromatic rings. The number of rotatable bonds is 4. The van der Waals surface area contributed by atoms with E-state index in [1.165, 1.54) is 6.42 Å². The van der Waals surface area contributed by atoms with Crippen molar-refractivity contribution in [1.29, 1.82) is 0 Å². The van der Waals surface area contributed by atoms with Gasteiger partial charge in [0.15, 0.2) is 0 Å². The lowest BCUT2D eigenvalue weighted by molar-refractivity contribution is -0.0120. The first kappa shape index (κ1) is 15.6. The molecule has 1 fully saturated rings. The van der Waals surface area contributed by atoms with Crippen LogP contribution in [0.25, 0.3) is 0 Å². The molecular formula is C16H24ClNO2. The van der Waals surface area contributed by atoms with Crippen LogP contribution in [0.3, 0.4) is 0 Å². The third-order valence-electron chi connectivity index (χ3n) is 3.48. The van der Waals surface area contributed by atoms with Crippen LogP contribution in [-0.2, 0) is 16.0 Å². The lowest BCUT2D eigenvalue weighted by Crippen LogP contribution is -2.26. The molecule has 4 heteroatoms. The van der Waals surface area contributed by atoms with Gasteiger partial charge in [0.2, 0.25) is 5.88 Å². The Bertz CT molecular complexity index is 437. The van der Waals surface area contributed by atoms with E-state index in [4.69, 9.17) is 21.1 Å². The SMILES string of the molecule is CC(C)(C)c1cc(CCl)cc(OCC2CCCCO2)n1. The molecule has 0 bridgehead atoms. The number of nitrogens with zero attached hydrogens (tertiary/aromatic N) is 1. The van der Waals surface area contributed by atoms with Crippen molar-refractivity contribution in [2.45, 2.75) is 57.4 Å². The van der Waals surface area contributed by atoms with Crippen molar-refractivity contribution in [3.63, 3.8) is 0 Å². The molecule has 0 radical (unpaired) electrons. The molecule has 0 aromatic carbocycles. The summed E-state index contributed by atoms with van der Waals surface area (Å²) >= 11 is 5.96. The molecule has 1 aliphatic heterocycles. The molecule has 2 heterocycles. The molecule has 0 saturated carbocycles. The smallest absolute Gasteiger partial charge is 0.213 e. The van der Waals surface area contributed by atoms with Gasteiger partial charge in [-0.05, 0) is 30.9 Å². The summed E-state index contributed by atoms with van der Waals surface area (Å²) in [6, 6.07) is 3.97. The fourth-order valence-electron chi connectivity index (χ4n) is 2.21. The molecule has 20 heavy (non-hydrogen) atoms. The minimum absolute atomic E-state index is 0.0124. The van der Waals surface area contributed by atoms with Crippen molar-refractivity contribution in [2.24, 2.45) is 0 Å². The van der Waals surface area contributed by atoms with Crippen molar-refractivity contribution >= 4 is 11.6 Å². The number of aromatic nitrogens is 1. The van der Waals surface area contributed by atoms with E-state index >= 15 is 0 Å². The van der Waals surface area contributed by atoms with E-state index in [9.17, 15) is 0 Å². The fraction of sp³-hybridized carbons (Fsp3) is 0.688. The molecule has 2 rings (SSSR count). The highest BCUT2D eigenvalue weighted by Gasteiger charge is 2.19. The lowest BCUT2D eigenvalue weighted by atomic mass is 9.91. The van der Waals surface area contributed by atoms with Crippen LogP contribution in [0.2, 0.25) is 0 Å². The predicted octanol–water partition coefficient (Wildman–Crippen LogP) is 4.07. The van der Waals surface area contributed by atoms with Crippen molar-refractivity contribution < 1.29 is 9.47 Å². The Labute approximate surface area is 126 Å². The normalized spacial score (nSPS) is 19.9. The highest BCUT2D eigenvalue weighted by atomic mass is 35.5. The fourth-order valence-corrected chi connectivity index (χ4v) is 2.37. The molecule has 0 aliphatic carbocycles. The van der Waals surface area contributed by atoms with Gasteiger partial charge in [-0.1, -0.05) is 20.8 Å². The third kappa shape index (κ3) is 4.35. The zero-order chi connectivity index (χ0) is 14.6. The molecule has 1 aromatic heterocycles. The minimum atomic E-state index is -0.0124. The van der Waals surface area contributed by atoms with E-state index in [-0.39, 0.29) is 11.5 Å². The van der Waals surface area contributed by atoms with Crippen molar-refractivity contribution in [3.8, 4) is 5.88 Å². The van der Waals surface area contributed by atoms with E-state index in [1.54, 1.807) is 0 Å². The van der Waals surface area contributed by atoms with Crippen LogP contribution in [-0.4, -0.2) is 24.3 Å². The second-order valence-electron chi connectivity index (χ2n) is 6.38. The van der Waals surface area contributed by atoms with Gasteiger partial charge in [0, 0.05) is 24.0 Å². The maximum Gasteiger partial charge on any atom is 0.213 e. The zero-order valence-corrected chi connectivity index (χ0v) is 13.4. The summed E-state index contributed by atoms with van der Waals surface area (Å²) in [7, 11) is 0. The second-order valence-corrected chi connectivity index (χ2v) is 6.65. The third-order valence-corrected chi connectivity index (χ3v) is 3.78. The van der Waals surface area contributed by atoms with Crippen molar-refractivity contribution in [3.05, 3.63) is 23.4 Å². The van der Waals surface area contributed by atoms with Crippen LogP contribution in [0.4, 0.5) is 0 Å². The second kappa shape index (κ2) is 6.77. The maximum atomic E-state index is 5.96. The van der Waals surface area contributed by atoms with E-state index in [0.717, 1.165) is 30.7 Å². The molecule has 0 amide bonds. The molecule has 0 N–H and O–H groups in total. The van der Waals surface area contributed by atoms with Gasteiger partial charge in [-0.25, -0.2) is 4.98 Å². The van der Waals surface area contributed by atoms with Crippen LogP contribution < -0.4 is 4.74 Å². The Morgan fingerprint density at radius 3 is 2.75 bits per heavy atom. The Morgan fingerprint density at radius 2 is 2.15 bits per heavy atom. The standard InChI is InChI=1S/C16H24ClNO2/c1-16(2,3)14-8-12(10-17)9-15(18-14)20-11-13-6-4-5-7-19-13/h8-9,13H,4-7,10-11H2,1-3H3. The summed E-state index contributed by atoms with van der Waals surface area (Å²) in [6.07, 6.45) is 3.64. The molecular weight excluding hydrogens is 274 g/mol. The van der Waals surface area contributed by atoms with Gasteiger partial charge in [0.25, 0.3) is 0 Å². The van der Waals surface area contributed by atoms with E-state index in [1.807, 2.05) is 6.07 Å². The Balaban J connectivity index is 2.06. The van der Waals surface area contributed by atoms with Gasteiger partial charge >= 0.3 is 0 Å². The molecule has 1 unspecified atom stereocenters. The molecule has 1 aliphatic rings. The molecule has 112 valence electrons. The monoisotopic (exact) mass is 297 g/mol. The number of alkyl halides is 1. The van der Waals surface area contributed by atoms with Crippen LogP contribution in [0.1, 0.15) is 51.3 Å². The van der Waals surface area contributed by atoms with Gasteiger partial charge in [-0.15, -0.1) is 11.6 Å². The van der Waals surface area contributed by atoms with E-state index in [2.05, 4.69) is 31.8 Å². The first-order valence-corrected chi connectivity index (χ1v) is 7.84. The molecule has 3 nitrogen and oxygen atoms in total. The number of hydrogen-bond acceptors (Lipinski definition) is 3. The number of pyridine rings is 1. The maximum absolute atomic E-state index is 5.96. The Morgan fingerprint density at radius 1 is 1.35 bits per heavy atom.